The van der Waals surface area contributed by atoms with Crippen molar-refractivity contribution >= 4 is 50.7 Å². The molecule has 1 N–H and O–H groups in total. The van der Waals surface area contributed by atoms with Crippen LogP contribution in [-0.4, -0.2) is 58.5 Å². The number of nitrogens with one attached hydrogen (secondary N) is 1. The Bertz CT molecular complexity index is 1450. The summed E-state index contributed by atoms with van der Waals surface area (Å²) >= 11 is 12.1. The predicted molar refractivity (Wildman–Crippen MR) is 160 cm³/mol. The maximum Gasteiger partial charge on any atom is 0.264 e. The van der Waals surface area contributed by atoms with E-state index in [4.69, 9.17) is 32.7 Å². The first kappa shape index (κ1) is 32.0. The van der Waals surface area contributed by atoms with E-state index < -0.39 is 28.5 Å². The molecule has 0 spiro atoms. The lowest BCUT2D eigenvalue weighted by atomic mass is 10.1. The number of hydrogen-bond donors (Lipinski definition) is 1. The minimum absolute atomic E-state index is 0.0660. The van der Waals surface area contributed by atoms with Crippen LogP contribution in [-0.2, 0) is 26.2 Å². The highest BCUT2D eigenvalue weighted by molar-refractivity contribution is 7.92. The van der Waals surface area contributed by atoms with Gasteiger partial charge in [-0.15, -0.1) is 0 Å². The van der Waals surface area contributed by atoms with Crippen molar-refractivity contribution in [2.24, 2.45) is 0 Å². The van der Waals surface area contributed by atoms with E-state index in [0.29, 0.717) is 28.8 Å². The molecule has 0 aliphatic heterocycles. The lowest BCUT2D eigenvalue weighted by Crippen LogP contribution is -2.52. The third-order valence-electron chi connectivity index (χ3n) is 6.34. The van der Waals surface area contributed by atoms with E-state index in [9.17, 15) is 18.0 Å². The lowest BCUT2D eigenvalue weighted by Gasteiger charge is -2.33. The Morgan fingerprint density at radius 1 is 0.878 bits per heavy atom. The Labute approximate surface area is 251 Å². The Morgan fingerprint density at radius 3 is 2.00 bits per heavy atom. The number of rotatable bonds is 13. The summed E-state index contributed by atoms with van der Waals surface area (Å²) in [6.07, 6.45) is 0.314. The van der Waals surface area contributed by atoms with Crippen molar-refractivity contribution in [2.75, 3.05) is 31.6 Å². The molecule has 0 saturated carbocycles. The summed E-state index contributed by atoms with van der Waals surface area (Å²) in [5.41, 5.74) is 0.946. The van der Waals surface area contributed by atoms with Gasteiger partial charge in [-0.3, -0.25) is 13.9 Å². The Morgan fingerprint density at radius 2 is 1.46 bits per heavy atom. The van der Waals surface area contributed by atoms with Gasteiger partial charge in [-0.1, -0.05) is 42.3 Å². The second-order valence-electron chi connectivity index (χ2n) is 8.97. The van der Waals surface area contributed by atoms with Gasteiger partial charge in [0.25, 0.3) is 10.0 Å². The minimum Gasteiger partial charge on any atom is -0.493 e. The van der Waals surface area contributed by atoms with Gasteiger partial charge in [0.2, 0.25) is 11.8 Å². The molecule has 0 bridgehead atoms. The lowest BCUT2D eigenvalue weighted by molar-refractivity contribution is -0.140. The molecule has 0 heterocycles. The highest BCUT2D eigenvalue weighted by Gasteiger charge is 2.34. The van der Waals surface area contributed by atoms with Gasteiger partial charge in [0, 0.05) is 29.2 Å². The highest BCUT2D eigenvalue weighted by Crippen LogP contribution is 2.33. The van der Waals surface area contributed by atoms with Gasteiger partial charge >= 0.3 is 0 Å². The summed E-state index contributed by atoms with van der Waals surface area (Å²) in [6.45, 7) is 3.44. The topological polar surface area (TPSA) is 105 Å². The number of halogens is 2. The van der Waals surface area contributed by atoms with Crippen molar-refractivity contribution in [1.82, 2.24) is 10.2 Å². The van der Waals surface area contributed by atoms with Gasteiger partial charge in [0.15, 0.2) is 11.5 Å². The average molecular weight is 623 g/mol. The molecule has 0 radical (unpaired) electrons. The van der Waals surface area contributed by atoms with Crippen LogP contribution in [0.15, 0.2) is 71.6 Å². The van der Waals surface area contributed by atoms with Crippen LogP contribution in [0.2, 0.25) is 10.0 Å². The summed E-state index contributed by atoms with van der Waals surface area (Å²) in [4.78, 5) is 28.3. The van der Waals surface area contributed by atoms with E-state index in [1.807, 2.05) is 0 Å². The zero-order valence-corrected chi connectivity index (χ0v) is 25.6. The fraction of sp³-hybridized carbons (Fsp3) is 0.310. The summed E-state index contributed by atoms with van der Waals surface area (Å²) in [5.74, 6) is -0.347. The fourth-order valence-corrected chi connectivity index (χ4v) is 5.92. The van der Waals surface area contributed by atoms with Gasteiger partial charge in [-0.05, 0) is 67.4 Å². The van der Waals surface area contributed by atoms with Gasteiger partial charge in [0.05, 0.1) is 24.8 Å². The fourth-order valence-electron chi connectivity index (χ4n) is 4.24. The van der Waals surface area contributed by atoms with E-state index in [2.05, 4.69) is 5.32 Å². The van der Waals surface area contributed by atoms with Crippen LogP contribution >= 0.6 is 23.2 Å². The summed E-state index contributed by atoms with van der Waals surface area (Å²) in [5, 5.41) is 3.69. The monoisotopic (exact) mass is 621 g/mol. The molecule has 3 rings (SSSR count). The van der Waals surface area contributed by atoms with Crippen LogP contribution < -0.4 is 19.1 Å². The van der Waals surface area contributed by atoms with Crippen LogP contribution in [0, 0.1) is 0 Å². The SMILES string of the molecule is CCNC(=O)[C@@H](CC)N(Cc1ccc(Cl)cc1)C(=O)CN(c1ccc(Cl)cc1)S(=O)(=O)c1ccc(OC)c(OC)c1. The third kappa shape index (κ3) is 7.84. The molecule has 9 nitrogen and oxygen atoms in total. The molecule has 0 saturated heterocycles. The van der Waals surface area contributed by atoms with Crippen molar-refractivity contribution < 1.29 is 27.5 Å². The molecular formula is C29H33Cl2N3O6S. The number of carbonyl (C=O) groups is 2. The number of carbonyl (C=O) groups excluding carboxylic acids is 2. The number of hydrogen-bond acceptors (Lipinski definition) is 6. The van der Waals surface area contributed by atoms with E-state index in [1.54, 1.807) is 38.1 Å². The van der Waals surface area contributed by atoms with Crippen LogP contribution in [0.5, 0.6) is 11.5 Å². The molecule has 220 valence electrons. The van der Waals surface area contributed by atoms with E-state index in [1.165, 1.54) is 61.6 Å². The number of nitrogens with zero attached hydrogens (tertiary/aromatic N) is 2. The Kier molecular flexibility index (Phi) is 11.3. The highest BCUT2D eigenvalue weighted by atomic mass is 35.5. The number of benzene rings is 3. The molecular weight excluding hydrogens is 589 g/mol. The standard InChI is InChI=1S/C29H33Cl2N3O6S/c1-5-25(29(36)32-6-2)33(18-20-7-9-21(30)10-8-20)28(35)19-34(23-13-11-22(31)12-14-23)41(37,38)24-15-16-26(39-3)27(17-24)40-4/h7-17,25H,5-6,18-19H2,1-4H3,(H,32,36)/t25-/m1/s1. The quantitative estimate of drug-likeness (QED) is 0.283. The predicted octanol–water partition coefficient (Wildman–Crippen LogP) is 5.15. The first-order valence-electron chi connectivity index (χ1n) is 12.9. The molecule has 0 aliphatic carbocycles. The third-order valence-corrected chi connectivity index (χ3v) is 8.61. The number of methoxy groups -OCH3 is 2. The van der Waals surface area contributed by atoms with Crippen molar-refractivity contribution in [2.45, 2.75) is 37.8 Å². The van der Waals surface area contributed by atoms with E-state index in [-0.39, 0.29) is 28.8 Å². The largest absolute Gasteiger partial charge is 0.493 e. The van der Waals surface area contributed by atoms with Crippen molar-refractivity contribution in [1.29, 1.82) is 0 Å². The van der Waals surface area contributed by atoms with E-state index >= 15 is 0 Å². The van der Waals surface area contributed by atoms with Crippen LogP contribution in [0.3, 0.4) is 0 Å². The van der Waals surface area contributed by atoms with Crippen molar-refractivity contribution in [3.63, 3.8) is 0 Å². The molecule has 41 heavy (non-hydrogen) atoms. The van der Waals surface area contributed by atoms with Gasteiger partial charge in [-0.25, -0.2) is 8.42 Å². The molecule has 12 heteroatoms. The second-order valence-corrected chi connectivity index (χ2v) is 11.7. The molecule has 0 aromatic heterocycles. The minimum atomic E-state index is -4.31. The van der Waals surface area contributed by atoms with Gasteiger partial charge in [0.1, 0.15) is 12.6 Å². The molecule has 0 aliphatic rings. The van der Waals surface area contributed by atoms with Crippen LogP contribution in [0.4, 0.5) is 5.69 Å². The van der Waals surface area contributed by atoms with Crippen LogP contribution in [0.1, 0.15) is 25.8 Å². The zero-order valence-electron chi connectivity index (χ0n) is 23.3. The zero-order chi connectivity index (χ0) is 30.2. The molecule has 3 aromatic carbocycles. The van der Waals surface area contributed by atoms with Crippen LogP contribution in [0.25, 0.3) is 0 Å². The average Bonchev–Trinajstić information content (AvgIpc) is 2.96. The summed E-state index contributed by atoms with van der Waals surface area (Å²) in [7, 11) is -1.46. The van der Waals surface area contributed by atoms with Gasteiger partial charge < -0.3 is 19.7 Å². The van der Waals surface area contributed by atoms with Crippen molar-refractivity contribution in [3.8, 4) is 11.5 Å². The number of amides is 2. The molecule has 3 aromatic rings. The maximum absolute atomic E-state index is 14.0. The number of sulfonamides is 1. The molecule has 2 amide bonds. The Balaban J connectivity index is 2.09. The van der Waals surface area contributed by atoms with Crippen molar-refractivity contribution in [3.05, 3.63) is 82.3 Å². The number of anilines is 1. The van der Waals surface area contributed by atoms with Gasteiger partial charge in [-0.2, -0.15) is 0 Å². The normalized spacial score (nSPS) is 11.9. The second kappa shape index (κ2) is 14.4. The molecule has 0 fully saturated rings. The number of ether oxygens (including phenoxy) is 2. The summed E-state index contributed by atoms with van der Waals surface area (Å²) < 4.78 is 39.6. The Hall–Kier alpha value is -3.47. The molecule has 1 atom stereocenters. The smallest absolute Gasteiger partial charge is 0.264 e. The molecule has 0 unspecified atom stereocenters. The maximum atomic E-state index is 14.0. The van der Waals surface area contributed by atoms with E-state index in [0.717, 1.165) is 9.87 Å². The number of likely N-dealkylation sites (N-methyl/N-ethyl adjacent to an activating group) is 1. The first-order chi connectivity index (χ1) is 19.5. The first-order valence-corrected chi connectivity index (χ1v) is 15.1. The summed E-state index contributed by atoms with van der Waals surface area (Å²) in [6, 6.07) is 16.3.